The molecule has 0 spiro atoms. The number of aryl methyl sites for hydroxylation is 1. The predicted octanol–water partition coefficient (Wildman–Crippen LogP) is 2.05. The fourth-order valence-electron chi connectivity index (χ4n) is 1.77. The van der Waals surface area contributed by atoms with Gasteiger partial charge in [0.2, 0.25) is 0 Å². The second-order valence-electron chi connectivity index (χ2n) is 4.45. The van der Waals surface area contributed by atoms with Gasteiger partial charge in [0.25, 0.3) is 11.8 Å². The molecule has 0 aromatic heterocycles. The van der Waals surface area contributed by atoms with Crippen LogP contribution in [-0.4, -0.2) is 11.8 Å². The Morgan fingerprint density at radius 2 is 1.57 bits per heavy atom. The van der Waals surface area contributed by atoms with Crippen molar-refractivity contribution in [2.24, 2.45) is 0 Å². The lowest BCUT2D eigenvalue weighted by atomic mass is 10.1. The number of hydrogen-bond donors (Lipinski definition) is 2. The Bertz CT molecular complexity index is 715. The number of carbonyl (C=O) groups excluding carboxylic acids is 2. The van der Waals surface area contributed by atoms with Crippen LogP contribution in [0.3, 0.4) is 0 Å². The third kappa shape index (κ3) is 3.48. The number of nitrogens with one attached hydrogen (secondary N) is 2. The minimum absolute atomic E-state index is 0.381. The molecule has 2 amide bonds. The first-order valence-corrected chi connectivity index (χ1v) is 6.35. The van der Waals surface area contributed by atoms with E-state index >= 15 is 0 Å². The molecule has 0 aliphatic carbocycles. The average Bonchev–Trinajstić information content (AvgIpc) is 2.53. The topological polar surface area (TPSA) is 58.2 Å². The minimum Gasteiger partial charge on any atom is -0.267 e. The lowest BCUT2D eigenvalue weighted by molar-refractivity contribution is 0.0846. The summed E-state index contributed by atoms with van der Waals surface area (Å²) in [6.45, 7) is 1.87. The average molecular weight is 278 g/mol. The van der Waals surface area contributed by atoms with Crippen molar-refractivity contribution in [3.63, 3.8) is 0 Å². The number of benzene rings is 2. The fraction of sp³-hybridized carbons (Fsp3) is 0.0588. The van der Waals surface area contributed by atoms with Gasteiger partial charge in [0.05, 0.1) is 0 Å². The number of carbonyl (C=O) groups is 2. The molecule has 0 saturated heterocycles. The van der Waals surface area contributed by atoms with E-state index in [0.29, 0.717) is 16.7 Å². The van der Waals surface area contributed by atoms with Crippen LogP contribution >= 0.6 is 0 Å². The van der Waals surface area contributed by atoms with Gasteiger partial charge in [-0.05, 0) is 36.8 Å². The van der Waals surface area contributed by atoms with Crippen molar-refractivity contribution in [1.29, 1.82) is 0 Å². The summed E-state index contributed by atoms with van der Waals surface area (Å²) in [6.07, 6.45) is 5.37. The van der Waals surface area contributed by atoms with Gasteiger partial charge in [-0.1, -0.05) is 30.2 Å². The molecule has 0 aliphatic rings. The SMILES string of the molecule is C#Cc1cc(C(=O)NNC(=O)c2ccccc2)ccc1C. The Morgan fingerprint density at radius 3 is 2.19 bits per heavy atom. The number of amides is 2. The number of hydrazine groups is 1. The van der Waals surface area contributed by atoms with Gasteiger partial charge in [0.15, 0.2) is 0 Å². The van der Waals surface area contributed by atoms with E-state index in [-0.39, 0.29) is 5.91 Å². The van der Waals surface area contributed by atoms with Crippen molar-refractivity contribution in [3.8, 4) is 12.3 Å². The van der Waals surface area contributed by atoms with E-state index in [4.69, 9.17) is 6.42 Å². The van der Waals surface area contributed by atoms with Gasteiger partial charge in [-0.2, -0.15) is 0 Å². The monoisotopic (exact) mass is 278 g/mol. The molecule has 104 valence electrons. The van der Waals surface area contributed by atoms with Gasteiger partial charge in [-0.15, -0.1) is 6.42 Å². The Labute approximate surface area is 123 Å². The normalized spacial score (nSPS) is 9.52. The van der Waals surface area contributed by atoms with E-state index in [1.807, 2.05) is 13.0 Å². The van der Waals surface area contributed by atoms with Crippen LogP contribution in [0, 0.1) is 19.3 Å². The maximum absolute atomic E-state index is 12.0. The number of rotatable bonds is 2. The van der Waals surface area contributed by atoms with E-state index in [1.165, 1.54) is 0 Å². The molecule has 2 N–H and O–H groups in total. The van der Waals surface area contributed by atoms with Crippen molar-refractivity contribution in [2.75, 3.05) is 0 Å². The van der Waals surface area contributed by atoms with E-state index in [0.717, 1.165) is 5.56 Å². The first kappa shape index (κ1) is 14.4. The van der Waals surface area contributed by atoms with Crippen molar-refractivity contribution < 1.29 is 9.59 Å². The molecule has 21 heavy (non-hydrogen) atoms. The molecular weight excluding hydrogens is 264 g/mol. The van der Waals surface area contributed by atoms with Gasteiger partial charge in [0, 0.05) is 16.7 Å². The second kappa shape index (κ2) is 6.40. The minimum atomic E-state index is -0.421. The summed E-state index contributed by atoms with van der Waals surface area (Å²) in [4.78, 5) is 23.8. The maximum Gasteiger partial charge on any atom is 0.269 e. The molecule has 4 nitrogen and oxygen atoms in total. The van der Waals surface area contributed by atoms with Gasteiger partial charge in [-0.25, -0.2) is 0 Å². The Balaban J connectivity index is 2.03. The largest absolute Gasteiger partial charge is 0.269 e. The smallest absolute Gasteiger partial charge is 0.267 e. The van der Waals surface area contributed by atoms with Gasteiger partial charge in [-0.3, -0.25) is 20.4 Å². The molecular formula is C17H14N2O2. The highest BCUT2D eigenvalue weighted by atomic mass is 16.2. The fourth-order valence-corrected chi connectivity index (χ4v) is 1.77. The van der Waals surface area contributed by atoms with Crippen LogP contribution in [0.1, 0.15) is 31.8 Å². The molecule has 0 aliphatic heterocycles. The molecule has 0 saturated carbocycles. The lowest BCUT2D eigenvalue weighted by Crippen LogP contribution is -2.41. The van der Waals surface area contributed by atoms with Crippen LogP contribution in [0.2, 0.25) is 0 Å². The summed E-state index contributed by atoms with van der Waals surface area (Å²) in [5, 5.41) is 0. The first-order chi connectivity index (χ1) is 10.1. The molecule has 0 heterocycles. The van der Waals surface area contributed by atoms with Gasteiger partial charge in [0.1, 0.15) is 0 Å². The summed E-state index contributed by atoms with van der Waals surface area (Å²) in [6, 6.07) is 13.6. The van der Waals surface area contributed by atoms with Crippen LogP contribution in [0.5, 0.6) is 0 Å². The van der Waals surface area contributed by atoms with E-state index in [9.17, 15) is 9.59 Å². The summed E-state index contributed by atoms with van der Waals surface area (Å²) < 4.78 is 0. The number of hydrogen-bond acceptors (Lipinski definition) is 2. The molecule has 2 aromatic rings. The zero-order chi connectivity index (χ0) is 15.2. The Morgan fingerprint density at radius 1 is 0.952 bits per heavy atom. The van der Waals surface area contributed by atoms with Crippen molar-refractivity contribution >= 4 is 11.8 Å². The van der Waals surface area contributed by atoms with E-state index < -0.39 is 5.91 Å². The van der Waals surface area contributed by atoms with Crippen molar-refractivity contribution in [1.82, 2.24) is 10.9 Å². The Kier molecular flexibility index (Phi) is 4.37. The molecule has 2 aromatic carbocycles. The standard InChI is InChI=1S/C17H14N2O2/c1-3-13-11-15(10-9-12(13)2)17(21)19-18-16(20)14-7-5-4-6-8-14/h1,4-11H,2H3,(H,18,20)(H,19,21). The second-order valence-corrected chi connectivity index (χ2v) is 4.45. The van der Waals surface area contributed by atoms with Crippen LogP contribution < -0.4 is 10.9 Å². The molecule has 4 heteroatoms. The summed E-state index contributed by atoms with van der Waals surface area (Å²) in [5.41, 5.74) is 7.14. The molecule has 0 bridgehead atoms. The van der Waals surface area contributed by atoms with Crippen molar-refractivity contribution in [2.45, 2.75) is 6.92 Å². The predicted molar refractivity (Wildman–Crippen MR) is 80.5 cm³/mol. The zero-order valence-electron chi connectivity index (χ0n) is 11.5. The van der Waals surface area contributed by atoms with E-state index in [1.54, 1.807) is 42.5 Å². The Hall–Kier alpha value is -3.06. The van der Waals surface area contributed by atoms with Crippen LogP contribution in [-0.2, 0) is 0 Å². The van der Waals surface area contributed by atoms with Gasteiger partial charge < -0.3 is 0 Å². The van der Waals surface area contributed by atoms with Crippen LogP contribution in [0.25, 0.3) is 0 Å². The lowest BCUT2D eigenvalue weighted by Gasteiger charge is -2.08. The molecule has 2 rings (SSSR count). The van der Waals surface area contributed by atoms with Crippen LogP contribution in [0.15, 0.2) is 48.5 Å². The summed E-state index contributed by atoms with van der Waals surface area (Å²) in [7, 11) is 0. The van der Waals surface area contributed by atoms with Crippen LogP contribution in [0.4, 0.5) is 0 Å². The number of terminal acetylenes is 1. The highest BCUT2D eigenvalue weighted by Crippen LogP contribution is 2.09. The summed E-state index contributed by atoms with van der Waals surface area (Å²) >= 11 is 0. The molecule has 0 unspecified atom stereocenters. The zero-order valence-corrected chi connectivity index (χ0v) is 11.5. The highest BCUT2D eigenvalue weighted by molar-refractivity contribution is 5.99. The summed E-state index contributed by atoms with van der Waals surface area (Å²) in [5.74, 6) is 1.71. The van der Waals surface area contributed by atoms with Gasteiger partial charge >= 0.3 is 0 Å². The maximum atomic E-state index is 12.0. The third-order valence-corrected chi connectivity index (χ3v) is 2.98. The van der Waals surface area contributed by atoms with E-state index in [2.05, 4.69) is 16.8 Å². The molecule has 0 radical (unpaired) electrons. The molecule has 0 atom stereocenters. The highest BCUT2D eigenvalue weighted by Gasteiger charge is 2.09. The third-order valence-electron chi connectivity index (χ3n) is 2.98. The molecule has 0 fully saturated rings. The quantitative estimate of drug-likeness (QED) is 0.652. The van der Waals surface area contributed by atoms with Crippen molar-refractivity contribution in [3.05, 3.63) is 70.8 Å². The first-order valence-electron chi connectivity index (χ1n) is 6.35.